The fraction of sp³-hybridized carbons (Fsp3) is 0.854. The van der Waals surface area contributed by atoms with E-state index in [1.54, 1.807) is 62.3 Å². The molecule has 0 saturated heterocycles. The maximum Gasteiger partial charge on any atom is 0.287 e. The summed E-state index contributed by atoms with van der Waals surface area (Å²) in [7, 11) is 0. The van der Waals surface area contributed by atoms with E-state index in [2.05, 4.69) is 21.3 Å². The Morgan fingerprint density at radius 1 is 0.424 bits per heavy atom. The molecule has 13 N–H and O–H groups in total. The third kappa shape index (κ3) is 41.3. The highest BCUT2D eigenvalue weighted by molar-refractivity contribution is 6.36. The van der Waals surface area contributed by atoms with Gasteiger partial charge in [-0.25, -0.2) is 0 Å². The number of nitrogens with two attached hydrogens (primary N) is 1. The van der Waals surface area contributed by atoms with Crippen molar-refractivity contribution in [2.45, 2.75) is 173 Å². The normalized spacial score (nSPS) is 14.0. The Hall–Kier alpha value is -3.26. The molecule has 0 heterocycles. The molecule has 18 heteroatoms. The Morgan fingerprint density at radius 3 is 0.864 bits per heavy atom. The molecule has 0 radical (unpaired) electrons. The van der Waals surface area contributed by atoms with Crippen LogP contribution in [0.2, 0.25) is 0 Å². The Balaban J connectivity index is -0.000000149. The molecular formula is C41H87N5O13. The maximum absolute atomic E-state index is 11.1. The molecule has 18 nitrogen and oxygen atoms in total. The number of ketones is 1. The van der Waals surface area contributed by atoms with E-state index in [4.69, 9.17) is 31.3 Å². The predicted octanol–water partition coefficient (Wildman–Crippen LogP) is 0.534. The number of carbonyl (C=O) groups is 6. The fourth-order valence-electron chi connectivity index (χ4n) is 3.14. The van der Waals surface area contributed by atoms with Gasteiger partial charge in [-0.15, -0.1) is 0 Å². The SMILES string of the molecule is C.CC(C)[C@H](O)C(N)=O.CCC(O)CNC(=O)[C@@H](O)C(C)C.CC[C@@H](O)CNC(=O)C(=O)C(C)C.CC[C@@H](O)CNC(=O)C(O)C(C)C.CC[C@H](O)CNC(=O)C(C)C. The second-order valence-corrected chi connectivity index (χ2v) is 15.3. The number of amides is 5. The molecule has 7 atom stereocenters. The second-order valence-electron chi connectivity index (χ2n) is 15.3. The average Bonchev–Trinajstić information content (AvgIpc) is 3.18. The van der Waals surface area contributed by atoms with Crippen LogP contribution < -0.4 is 27.0 Å². The summed E-state index contributed by atoms with van der Waals surface area (Å²) >= 11 is 0. The zero-order chi connectivity index (χ0) is 46.9. The summed E-state index contributed by atoms with van der Waals surface area (Å²) in [5.41, 5.74) is 4.75. The lowest BCUT2D eigenvalue weighted by atomic mass is 10.1. The van der Waals surface area contributed by atoms with Crippen LogP contribution in [0.25, 0.3) is 0 Å². The minimum absolute atomic E-state index is 0. The van der Waals surface area contributed by atoms with Gasteiger partial charge in [0.25, 0.3) is 5.91 Å². The molecule has 0 aliphatic rings. The first kappa shape index (κ1) is 67.5. The first-order valence-corrected chi connectivity index (χ1v) is 20.3. The zero-order valence-corrected chi connectivity index (χ0v) is 37.7. The number of hydrogen-bond donors (Lipinski definition) is 12. The van der Waals surface area contributed by atoms with Crippen molar-refractivity contribution in [1.29, 1.82) is 0 Å². The molecule has 354 valence electrons. The monoisotopic (exact) mass is 858 g/mol. The summed E-state index contributed by atoms with van der Waals surface area (Å²) in [6.07, 6.45) is -2.54. The number of primary amides is 1. The van der Waals surface area contributed by atoms with Crippen molar-refractivity contribution in [1.82, 2.24) is 21.3 Å². The van der Waals surface area contributed by atoms with Crippen LogP contribution in [0.15, 0.2) is 0 Å². The van der Waals surface area contributed by atoms with Gasteiger partial charge in [0.15, 0.2) is 0 Å². The number of aliphatic hydroxyl groups excluding tert-OH is 7. The van der Waals surface area contributed by atoms with Crippen molar-refractivity contribution in [3.63, 3.8) is 0 Å². The van der Waals surface area contributed by atoms with Gasteiger partial charge in [-0.3, -0.25) is 28.8 Å². The van der Waals surface area contributed by atoms with Crippen LogP contribution in [0.3, 0.4) is 0 Å². The van der Waals surface area contributed by atoms with E-state index in [0.29, 0.717) is 32.2 Å². The lowest BCUT2D eigenvalue weighted by molar-refractivity contribution is -0.139. The van der Waals surface area contributed by atoms with Crippen molar-refractivity contribution < 1.29 is 64.5 Å². The summed E-state index contributed by atoms with van der Waals surface area (Å²) in [6.45, 7) is 25.8. The molecule has 0 bridgehead atoms. The molecule has 0 aromatic carbocycles. The molecule has 0 fully saturated rings. The average molecular weight is 858 g/mol. The largest absolute Gasteiger partial charge is 0.391 e. The lowest BCUT2D eigenvalue weighted by Crippen LogP contribution is -2.41. The molecule has 0 spiro atoms. The van der Waals surface area contributed by atoms with Crippen molar-refractivity contribution in [3.05, 3.63) is 0 Å². The van der Waals surface area contributed by atoms with E-state index in [0.717, 1.165) is 0 Å². The smallest absolute Gasteiger partial charge is 0.287 e. The number of rotatable bonds is 21. The highest BCUT2D eigenvalue weighted by atomic mass is 16.3. The third-order valence-electron chi connectivity index (χ3n) is 7.91. The number of nitrogens with one attached hydrogen (secondary N) is 4. The minimum atomic E-state index is -0.991. The van der Waals surface area contributed by atoms with Crippen molar-refractivity contribution in [2.24, 2.45) is 35.3 Å². The lowest BCUT2D eigenvalue weighted by Gasteiger charge is -2.15. The van der Waals surface area contributed by atoms with Gasteiger partial charge in [-0.05, 0) is 43.4 Å². The van der Waals surface area contributed by atoms with Gasteiger partial charge < -0.3 is 62.7 Å². The van der Waals surface area contributed by atoms with Gasteiger partial charge in [0.05, 0.1) is 24.4 Å². The quantitative estimate of drug-likeness (QED) is 0.0703. The maximum atomic E-state index is 11.1. The van der Waals surface area contributed by atoms with Crippen molar-refractivity contribution >= 4 is 35.3 Å². The van der Waals surface area contributed by atoms with E-state index >= 15 is 0 Å². The van der Waals surface area contributed by atoms with Crippen LogP contribution in [0.1, 0.15) is 130 Å². The zero-order valence-electron chi connectivity index (χ0n) is 37.7. The second kappa shape index (κ2) is 40.2. The Morgan fingerprint density at radius 2 is 0.678 bits per heavy atom. The minimum Gasteiger partial charge on any atom is -0.391 e. The Labute approximate surface area is 354 Å². The summed E-state index contributed by atoms with van der Waals surface area (Å²) in [5, 5.41) is 73.7. The molecule has 59 heavy (non-hydrogen) atoms. The summed E-state index contributed by atoms with van der Waals surface area (Å²) < 4.78 is 0. The number of hydrogen-bond acceptors (Lipinski definition) is 13. The van der Waals surface area contributed by atoms with Crippen LogP contribution in [-0.2, 0) is 28.8 Å². The highest BCUT2D eigenvalue weighted by Crippen LogP contribution is 2.02. The van der Waals surface area contributed by atoms with Gasteiger partial charge in [-0.2, -0.15) is 0 Å². The Bertz CT molecular complexity index is 1070. The van der Waals surface area contributed by atoms with Gasteiger partial charge in [-0.1, -0.05) is 104 Å². The van der Waals surface area contributed by atoms with E-state index in [9.17, 15) is 39.0 Å². The van der Waals surface area contributed by atoms with Crippen molar-refractivity contribution in [3.8, 4) is 0 Å². The molecule has 5 amide bonds. The topological polar surface area (TPSA) is 318 Å². The first-order valence-electron chi connectivity index (χ1n) is 20.3. The fourth-order valence-corrected chi connectivity index (χ4v) is 3.14. The molecule has 0 aromatic rings. The number of aliphatic hydroxyl groups is 7. The third-order valence-corrected chi connectivity index (χ3v) is 7.91. The van der Waals surface area contributed by atoms with Crippen LogP contribution in [0.4, 0.5) is 0 Å². The molecular weight excluding hydrogens is 770 g/mol. The van der Waals surface area contributed by atoms with E-state index in [-0.39, 0.29) is 62.6 Å². The number of carbonyl (C=O) groups excluding carboxylic acids is 6. The van der Waals surface area contributed by atoms with Gasteiger partial charge in [0.2, 0.25) is 29.4 Å². The predicted molar refractivity (Wildman–Crippen MR) is 230 cm³/mol. The van der Waals surface area contributed by atoms with Crippen LogP contribution in [0, 0.1) is 29.6 Å². The summed E-state index contributed by atoms with van der Waals surface area (Å²) in [4.78, 5) is 65.4. The van der Waals surface area contributed by atoms with E-state index < -0.39 is 72.1 Å². The van der Waals surface area contributed by atoms with Crippen molar-refractivity contribution in [2.75, 3.05) is 26.2 Å². The molecule has 0 aliphatic carbocycles. The summed E-state index contributed by atoms with van der Waals surface area (Å²) in [5.74, 6) is -3.10. The van der Waals surface area contributed by atoms with Crippen LogP contribution in [0.5, 0.6) is 0 Å². The molecule has 0 rings (SSSR count). The molecule has 0 aromatic heterocycles. The Kier molecular flexibility index (Phi) is 46.0. The standard InChI is InChI=1S/2C9H19NO3.C9H17NO3.C8H17NO2.C5H11NO2.CH4/c3*1-4-7(11)5-10-9(13)8(12)6(2)3;1-4-7(10)5-9-8(11)6(2)3;1-3(2)4(7)5(6)8;/h2*6-8,11-12H,4-5H2,1-3H3,(H,10,13);6-7,11H,4-5H2,1-3H3,(H,10,13);6-7,10H,4-5H2,1-3H3,(H,9,11);3-4,7H,1-2H3,(H2,6,8);1H4/t7?,8-;7-,8?;2*7-;4-;/m01100./s1. The van der Waals surface area contributed by atoms with Gasteiger partial charge in [0, 0.05) is 38.0 Å². The molecule has 2 unspecified atom stereocenters. The van der Waals surface area contributed by atoms with Crippen LogP contribution in [-0.4, -0.2) is 140 Å². The van der Waals surface area contributed by atoms with Gasteiger partial charge in [0.1, 0.15) is 18.3 Å². The molecule has 0 aliphatic heterocycles. The van der Waals surface area contributed by atoms with Crippen LogP contribution >= 0.6 is 0 Å². The van der Waals surface area contributed by atoms with E-state index in [1.807, 2.05) is 34.6 Å². The van der Waals surface area contributed by atoms with E-state index in [1.165, 1.54) is 0 Å². The highest BCUT2D eigenvalue weighted by Gasteiger charge is 2.20. The molecule has 0 saturated carbocycles. The number of Topliss-reactive ketones (excluding diaryl/α,β-unsaturated/α-hetero) is 1. The van der Waals surface area contributed by atoms with Gasteiger partial charge >= 0.3 is 0 Å². The first-order chi connectivity index (χ1) is 26.6. The summed E-state index contributed by atoms with van der Waals surface area (Å²) in [6, 6.07) is 0.